The third-order valence-electron chi connectivity index (χ3n) is 2.30. The Morgan fingerprint density at radius 2 is 2.17 bits per heavy atom. The normalized spacial score (nSPS) is 10.6. The maximum Gasteiger partial charge on any atom is 0.123 e. The van der Waals surface area contributed by atoms with Crippen molar-refractivity contribution in [3.8, 4) is 5.75 Å². The first-order chi connectivity index (χ1) is 8.77. The van der Waals surface area contributed by atoms with E-state index in [-0.39, 0.29) is 6.61 Å². The van der Waals surface area contributed by atoms with Gasteiger partial charge in [-0.3, -0.25) is 0 Å². The summed E-state index contributed by atoms with van der Waals surface area (Å²) in [6.45, 7) is 5.00. The Morgan fingerprint density at radius 1 is 1.33 bits per heavy atom. The highest BCUT2D eigenvalue weighted by atomic mass is 35.5. The summed E-state index contributed by atoms with van der Waals surface area (Å²) in [5.41, 5.74) is 1.03. The fourth-order valence-electron chi connectivity index (χ4n) is 1.52. The van der Waals surface area contributed by atoms with E-state index in [1.807, 2.05) is 25.1 Å². The molecule has 0 radical (unpaired) electrons. The minimum Gasteiger partial charge on any atom is -0.494 e. The van der Waals surface area contributed by atoms with Crippen LogP contribution in [-0.4, -0.2) is 38.1 Å². The van der Waals surface area contributed by atoms with E-state index in [0.29, 0.717) is 31.4 Å². The highest BCUT2D eigenvalue weighted by molar-refractivity contribution is 6.30. The van der Waals surface area contributed by atoms with E-state index < -0.39 is 0 Å². The predicted molar refractivity (Wildman–Crippen MR) is 72.2 cm³/mol. The standard InChI is InChI=1S/C13H20ClNO3/c1-2-18-13-4-3-12(14)9-11(13)10-15-5-7-17-8-6-16/h3-4,9,15-16H,2,5-8,10H2,1H3. The summed E-state index contributed by atoms with van der Waals surface area (Å²) in [5, 5.41) is 12.5. The van der Waals surface area contributed by atoms with Crippen molar-refractivity contribution in [2.75, 3.05) is 33.0 Å². The van der Waals surface area contributed by atoms with E-state index in [9.17, 15) is 0 Å². The smallest absolute Gasteiger partial charge is 0.123 e. The summed E-state index contributed by atoms with van der Waals surface area (Å²) in [7, 11) is 0. The van der Waals surface area contributed by atoms with E-state index in [4.69, 9.17) is 26.2 Å². The van der Waals surface area contributed by atoms with Gasteiger partial charge in [0.05, 0.1) is 26.4 Å². The van der Waals surface area contributed by atoms with Crippen molar-refractivity contribution in [2.45, 2.75) is 13.5 Å². The summed E-state index contributed by atoms with van der Waals surface area (Å²) in [4.78, 5) is 0. The lowest BCUT2D eigenvalue weighted by molar-refractivity contribution is 0.0937. The Bertz CT molecular complexity index is 347. The highest BCUT2D eigenvalue weighted by Crippen LogP contribution is 2.22. The van der Waals surface area contributed by atoms with Crippen LogP contribution in [0.1, 0.15) is 12.5 Å². The van der Waals surface area contributed by atoms with Crippen LogP contribution in [0.2, 0.25) is 5.02 Å². The van der Waals surface area contributed by atoms with Crippen LogP contribution in [0.15, 0.2) is 18.2 Å². The first-order valence-corrected chi connectivity index (χ1v) is 6.46. The Morgan fingerprint density at radius 3 is 2.89 bits per heavy atom. The Hall–Kier alpha value is -0.810. The van der Waals surface area contributed by atoms with Crippen LogP contribution in [-0.2, 0) is 11.3 Å². The number of halogens is 1. The molecule has 18 heavy (non-hydrogen) atoms. The van der Waals surface area contributed by atoms with Gasteiger partial charge in [0.25, 0.3) is 0 Å². The van der Waals surface area contributed by atoms with Gasteiger partial charge in [0.1, 0.15) is 5.75 Å². The number of hydrogen-bond acceptors (Lipinski definition) is 4. The molecule has 102 valence electrons. The van der Waals surface area contributed by atoms with Crippen LogP contribution in [0, 0.1) is 0 Å². The molecule has 1 rings (SSSR count). The monoisotopic (exact) mass is 273 g/mol. The maximum atomic E-state index is 8.55. The number of aliphatic hydroxyl groups is 1. The molecule has 0 saturated carbocycles. The summed E-state index contributed by atoms with van der Waals surface area (Å²) >= 11 is 5.96. The molecular weight excluding hydrogens is 254 g/mol. The topological polar surface area (TPSA) is 50.7 Å². The van der Waals surface area contributed by atoms with E-state index in [1.54, 1.807) is 0 Å². The molecule has 0 aliphatic heterocycles. The molecule has 0 aliphatic rings. The second kappa shape index (κ2) is 9.16. The van der Waals surface area contributed by atoms with E-state index in [0.717, 1.165) is 17.9 Å². The van der Waals surface area contributed by atoms with Crippen LogP contribution < -0.4 is 10.1 Å². The van der Waals surface area contributed by atoms with Crippen molar-refractivity contribution < 1.29 is 14.6 Å². The van der Waals surface area contributed by atoms with Gasteiger partial charge in [0, 0.05) is 23.7 Å². The summed E-state index contributed by atoms with van der Waals surface area (Å²) in [5.74, 6) is 0.852. The summed E-state index contributed by atoms with van der Waals surface area (Å²) in [6, 6.07) is 5.60. The van der Waals surface area contributed by atoms with Gasteiger partial charge in [-0.1, -0.05) is 11.6 Å². The molecule has 0 atom stereocenters. The predicted octanol–water partition coefficient (Wildman–Crippen LogP) is 1.84. The summed E-state index contributed by atoms with van der Waals surface area (Å²) < 4.78 is 10.7. The van der Waals surface area contributed by atoms with Crippen LogP contribution in [0.25, 0.3) is 0 Å². The number of ether oxygens (including phenoxy) is 2. The van der Waals surface area contributed by atoms with Crippen LogP contribution in [0.3, 0.4) is 0 Å². The fraction of sp³-hybridized carbons (Fsp3) is 0.538. The number of hydrogen-bond donors (Lipinski definition) is 2. The first kappa shape index (κ1) is 15.2. The van der Waals surface area contributed by atoms with Crippen LogP contribution in [0.5, 0.6) is 5.75 Å². The third kappa shape index (κ3) is 5.69. The molecule has 0 heterocycles. The lowest BCUT2D eigenvalue weighted by atomic mass is 10.2. The number of aliphatic hydroxyl groups excluding tert-OH is 1. The Balaban J connectivity index is 2.37. The SMILES string of the molecule is CCOc1ccc(Cl)cc1CNCCOCCO. The van der Waals surface area contributed by atoms with Gasteiger partial charge >= 0.3 is 0 Å². The molecule has 2 N–H and O–H groups in total. The van der Waals surface area contributed by atoms with E-state index in [1.165, 1.54) is 0 Å². The van der Waals surface area contributed by atoms with Crippen molar-refractivity contribution >= 4 is 11.6 Å². The molecule has 5 heteroatoms. The molecular formula is C13H20ClNO3. The molecule has 0 spiro atoms. The Kier molecular flexibility index (Phi) is 7.76. The maximum absolute atomic E-state index is 8.55. The van der Waals surface area contributed by atoms with Crippen molar-refractivity contribution in [2.24, 2.45) is 0 Å². The average molecular weight is 274 g/mol. The van der Waals surface area contributed by atoms with E-state index in [2.05, 4.69) is 5.32 Å². The van der Waals surface area contributed by atoms with Crippen molar-refractivity contribution in [1.82, 2.24) is 5.32 Å². The molecule has 0 aliphatic carbocycles. The molecule has 0 amide bonds. The molecule has 0 aromatic heterocycles. The minimum atomic E-state index is 0.0583. The zero-order chi connectivity index (χ0) is 13.2. The molecule has 0 unspecified atom stereocenters. The zero-order valence-corrected chi connectivity index (χ0v) is 11.4. The van der Waals surface area contributed by atoms with Gasteiger partial charge in [-0.15, -0.1) is 0 Å². The average Bonchev–Trinajstić information content (AvgIpc) is 2.37. The molecule has 1 aromatic carbocycles. The quantitative estimate of drug-likeness (QED) is 0.674. The van der Waals surface area contributed by atoms with Gasteiger partial charge < -0.3 is 19.9 Å². The van der Waals surface area contributed by atoms with Crippen LogP contribution >= 0.6 is 11.6 Å². The second-order valence-corrected chi connectivity index (χ2v) is 4.13. The molecule has 0 bridgehead atoms. The van der Waals surface area contributed by atoms with Crippen molar-refractivity contribution in [1.29, 1.82) is 0 Å². The second-order valence-electron chi connectivity index (χ2n) is 3.70. The van der Waals surface area contributed by atoms with E-state index >= 15 is 0 Å². The van der Waals surface area contributed by atoms with Gasteiger partial charge in [-0.25, -0.2) is 0 Å². The molecule has 0 saturated heterocycles. The van der Waals surface area contributed by atoms with Crippen LogP contribution in [0.4, 0.5) is 0 Å². The van der Waals surface area contributed by atoms with Crippen molar-refractivity contribution in [3.05, 3.63) is 28.8 Å². The number of benzene rings is 1. The van der Waals surface area contributed by atoms with Gasteiger partial charge in [-0.2, -0.15) is 0 Å². The fourth-order valence-corrected chi connectivity index (χ4v) is 1.71. The molecule has 0 fully saturated rings. The Labute approximate surface area is 113 Å². The minimum absolute atomic E-state index is 0.0583. The lowest BCUT2D eigenvalue weighted by Gasteiger charge is -2.11. The first-order valence-electron chi connectivity index (χ1n) is 6.08. The van der Waals surface area contributed by atoms with Gasteiger partial charge in [0.2, 0.25) is 0 Å². The third-order valence-corrected chi connectivity index (χ3v) is 2.53. The lowest BCUT2D eigenvalue weighted by Crippen LogP contribution is -2.20. The number of nitrogens with one attached hydrogen (secondary N) is 1. The zero-order valence-electron chi connectivity index (χ0n) is 10.6. The largest absolute Gasteiger partial charge is 0.494 e. The molecule has 4 nitrogen and oxygen atoms in total. The number of rotatable bonds is 9. The molecule has 1 aromatic rings. The van der Waals surface area contributed by atoms with Gasteiger partial charge in [-0.05, 0) is 25.1 Å². The highest BCUT2D eigenvalue weighted by Gasteiger charge is 2.03. The summed E-state index contributed by atoms with van der Waals surface area (Å²) in [6.07, 6.45) is 0. The van der Waals surface area contributed by atoms with Gasteiger partial charge in [0.15, 0.2) is 0 Å². The van der Waals surface area contributed by atoms with Crippen molar-refractivity contribution in [3.63, 3.8) is 0 Å².